The van der Waals surface area contributed by atoms with Gasteiger partial charge in [0.1, 0.15) is 6.33 Å². The van der Waals surface area contributed by atoms with Crippen molar-refractivity contribution in [2.45, 2.75) is 6.92 Å². The van der Waals surface area contributed by atoms with Crippen molar-refractivity contribution in [2.24, 2.45) is 0 Å². The van der Waals surface area contributed by atoms with Crippen LogP contribution in [0.15, 0.2) is 36.9 Å². The lowest BCUT2D eigenvalue weighted by Crippen LogP contribution is -1.95. The molecule has 6 nitrogen and oxygen atoms in total. The van der Waals surface area contributed by atoms with Crippen molar-refractivity contribution in [3.63, 3.8) is 0 Å². The van der Waals surface area contributed by atoms with E-state index >= 15 is 0 Å². The van der Waals surface area contributed by atoms with Crippen molar-refractivity contribution in [1.82, 2.24) is 24.8 Å². The number of aromatic nitrogens is 5. The molecule has 6 heteroatoms. The maximum atomic E-state index is 5.42. The Morgan fingerprint density at radius 1 is 1.24 bits per heavy atom. The number of nitrogens with zero attached hydrogens (tertiary/aromatic N) is 4. The molecular formula is C15H13N5O. The number of hydrogen-bond acceptors (Lipinski definition) is 4. The number of hydrogen-bond donors (Lipinski definition) is 1. The zero-order chi connectivity index (χ0) is 14.4. The SMILES string of the molecule is COc1cc(-c2cc3[nH]ncc3cc2C)cn2ncnc12. The Balaban J connectivity index is 2.00. The van der Waals surface area contributed by atoms with Gasteiger partial charge in [-0.25, -0.2) is 9.50 Å². The molecule has 3 heterocycles. The Morgan fingerprint density at radius 3 is 3.00 bits per heavy atom. The van der Waals surface area contributed by atoms with Crippen LogP contribution in [-0.4, -0.2) is 31.9 Å². The second kappa shape index (κ2) is 4.31. The molecule has 0 atom stereocenters. The van der Waals surface area contributed by atoms with Crippen LogP contribution >= 0.6 is 0 Å². The van der Waals surface area contributed by atoms with E-state index in [1.54, 1.807) is 11.6 Å². The van der Waals surface area contributed by atoms with Gasteiger partial charge in [-0.05, 0) is 36.2 Å². The van der Waals surface area contributed by atoms with Crippen LogP contribution < -0.4 is 4.74 Å². The van der Waals surface area contributed by atoms with Crippen molar-refractivity contribution >= 4 is 16.6 Å². The highest BCUT2D eigenvalue weighted by Crippen LogP contribution is 2.31. The van der Waals surface area contributed by atoms with Crippen LogP contribution in [0.4, 0.5) is 0 Å². The number of methoxy groups -OCH3 is 1. The van der Waals surface area contributed by atoms with Crippen molar-refractivity contribution in [1.29, 1.82) is 0 Å². The van der Waals surface area contributed by atoms with Crippen LogP contribution in [0.1, 0.15) is 5.56 Å². The minimum Gasteiger partial charge on any atom is -0.493 e. The first-order chi connectivity index (χ1) is 10.3. The van der Waals surface area contributed by atoms with Crippen LogP contribution in [0.3, 0.4) is 0 Å². The quantitative estimate of drug-likeness (QED) is 0.612. The Labute approximate surface area is 120 Å². The predicted octanol–water partition coefficient (Wildman–Crippen LogP) is 2.59. The second-order valence-electron chi connectivity index (χ2n) is 4.95. The summed E-state index contributed by atoms with van der Waals surface area (Å²) in [6.45, 7) is 2.08. The third-order valence-electron chi connectivity index (χ3n) is 3.66. The first-order valence-corrected chi connectivity index (χ1v) is 6.58. The van der Waals surface area contributed by atoms with Gasteiger partial charge < -0.3 is 4.74 Å². The summed E-state index contributed by atoms with van der Waals surface area (Å²) < 4.78 is 7.14. The molecule has 0 unspecified atom stereocenters. The molecule has 1 N–H and O–H groups in total. The standard InChI is InChI=1S/C15H13N5O/c1-9-3-10-6-17-19-13(10)5-12(9)11-4-14(21-2)15-16-8-18-20(15)7-11/h3-8H,1-2H3,(H,17,19). The maximum Gasteiger partial charge on any atom is 0.197 e. The molecule has 0 amide bonds. The Hall–Kier alpha value is -2.89. The third kappa shape index (κ3) is 1.76. The van der Waals surface area contributed by atoms with Crippen molar-refractivity contribution in [3.8, 4) is 16.9 Å². The van der Waals surface area contributed by atoms with E-state index in [0.717, 1.165) is 22.0 Å². The number of benzene rings is 1. The summed E-state index contributed by atoms with van der Waals surface area (Å²) in [7, 11) is 1.64. The van der Waals surface area contributed by atoms with E-state index < -0.39 is 0 Å². The van der Waals surface area contributed by atoms with Crippen molar-refractivity contribution in [2.75, 3.05) is 7.11 Å². The summed E-state index contributed by atoms with van der Waals surface area (Å²) >= 11 is 0. The zero-order valence-electron chi connectivity index (χ0n) is 11.7. The predicted molar refractivity (Wildman–Crippen MR) is 79.4 cm³/mol. The zero-order valence-corrected chi connectivity index (χ0v) is 11.7. The molecule has 0 radical (unpaired) electrons. The number of H-pyrrole nitrogens is 1. The molecule has 0 aliphatic carbocycles. The number of ether oxygens (including phenoxy) is 1. The highest BCUT2D eigenvalue weighted by molar-refractivity contribution is 5.86. The topological polar surface area (TPSA) is 68.1 Å². The Bertz CT molecular complexity index is 953. The monoisotopic (exact) mass is 279 g/mol. The number of pyridine rings is 1. The molecule has 0 aliphatic heterocycles. The highest BCUT2D eigenvalue weighted by atomic mass is 16.5. The molecule has 0 saturated heterocycles. The van der Waals surface area contributed by atoms with Gasteiger partial charge in [0, 0.05) is 17.1 Å². The Morgan fingerprint density at radius 2 is 2.14 bits per heavy atom. The van der Waals surface area contributed by atoms with E-state index in [9.17, 15) is 0 Å². The van der Waals surface area contributed by atoms with Gasteiger partial charge in [-0.1, -0.05) is 0 Å². The highest BCUT2D eigenvalue weighted by Gasteiger charge is 2.11. The van der Waals surface area contributed by atoms with Gasteiger partial charge in [0.05, 0.1) is 18.8 Å². The molecule has 0 fully saturated rings. The number of nitrogens with one attached hydrogen (secondary N) is 1. The largest absolute Gasteiger partial charge is 0.493 e. The molecular weight excluding hydrogens is 266 g/mol. The summed E-state index contributed by atoms with van der Waals surface area (Å²) in [5.41, 5.74) is 5.03. The third-order valence-corrected chi connectivity index (χ3v) is 3.66. The lowest BCUT2D eigenvalue weighted by atomic mass is 10.0. The molecule has 0 spiro atoms. The number of fused-ring (bicyclic) bond motifs is 2. The number of aromatic amines is 1. The molecule has 4 aromatic rings. The molecule has 0 saturated carbocycles. The normalized spacial score (nSPS) is 11.3. The van der Waals surface area contributed by atoms with E-state index in [1.807, 2.05) is 18.5 Å². The fourth-order valence-electron chi connectivity index (χ4n) is 2.61. The van der Waals surface area contributed by atoms with E-state index in [4.69, 9.17) is 4.74 Å². The van der Waals surface area contributed by atoms with E-state index in [-0.39, 0.29) is 0 Å². The smallest absolute Gasteiger partial charge is 0.197 e. The first kappa shape index (κ1) is 11.9. The van der Waals surface area contributed by atoms with Crippen molar-refractivity contribution < 1.29 is 4.74 Å². The fourth-order valence-corrected chi connectivity index (χ4v) is 2.61. The fraction of sp³-hybridized carbons (Fsp3) is 0.133. The summed E-state index contributed by atoms with van der Waals surface area (Å²) in [6, 6.07) is 6.19. The van der Waals surface area contributed by atoms with Crippen LogP contribution in [0.5, 0.6) is 5.75 Å². The van der Waals surface area contributed by atoms with Gasteiger partial charge in [-0.3, -0.25) is 5.10 Å². The number of aryl methyl sites for hydroxylation is 1. The lowest BCUT2D eigenvalue weighted by Gasteiger charge is -2.09. The summed E-state index contributed by atoms with van der Waals surface area (Å²) in [5, 5.41) is 12.4. The molecule has 3 aromatic heterocycles. The summed E-state index contributed by atoms with van der Waals surface area (Å²) in [4.78, 5) is 4.20. The van der Waals surface area contributed by atoms with E-state index in [2.05, 4.69) is 39.3 Å². The lowest BCUT2D eigenvalue weighted by molar-refractivity contribution is 0.417. The maximum absolute atomic E-state index is 5.42. The summed E-state index contributed by atoms with van der Waals surface area (Å²) in [5.74, 6) is 0.703. The first-order valence-electron chi connectivity index (χ1n) is 6.58. The van der Waals surface area contributed by atoms with Gasteiger partial charge in [0.25, 0.3) is 0 Å². The summed E-state index contributed by atoms with van der Waals surface area (Å²) in [6.07, 6.45) is 5.30. The van der Waals surface area contributed by atoms with Crippen molar-refractivity contribution in [3.05, 3.63) is 42.5 Å². The van der Waals surface area contributed by atoms with Gasteiger partial charge in [0.15, 0.2) is 11.4 Å². The molecule has 1 aromatic carbocycles. The van der Waals surface area contributed by atoms with E-state index in [0.29, 0.717) is 11.4 Å². The molecule has 104 valence electrons. The van der Waals surface area contributed by atoms with Gasteiger partial charge >= 0.3 is 0 Å². The minimum absolute atomic E-state index is 0.703. The van der Waals surface area contributed by atoms with Gasteiger partial charge in [-0.15, -0.1) is 0 Å². The second-order valence-corrected chi connectivity index (χ2v) is 4.95. The van der Waals surface area contributed by atoms with Crippen LogP contribution in [0, 0.1) is 6.92 Å². The number of rotatable bonds is 2. The van der Waals surface area contributed by atoms with Gasteiger partial charge in [-0.2, -0.15) is 10.2 Å². The van der Waals surface area contributed by atoms with E-state index in [1.165, 1.54) is 11.9 Å². The molecule has 0 aliphatic rings. The molecule has 4 rings (SSSR count). The average molecular weight is 279 g/mol. The van der Waals surface area contributed by atoms with Crippen LogP contribution in [0.25, 0.3) is 27.7 Å². The Kier molecular flexibility index (Phi) is 2.44. The average Bonchev–Trinajstić information content (AvgIpc) is 3.13. The van der Waals surface area contributed by atoms with Crippen LogP contribution in [0.2, 0.25) is 0 Å². The molecule has 0 bridgehead atoms. The van der Waals surface area contributed by atoms with Crippen LogP contribution in [-0.2, 0) is 0 Å². The minimum atomic E-state index is 0.703. The molecule has 21 heavy (non-hydrogen) atoms. The van der Waals surface area contributed by atoms with Gasteiger partial charge in [0.2, 0.25) is 0 Å².